The predicted octanol–water partition coefficient (Wildman–Crippen LogP) is 4.15. The van der Waals surface area contributed by atoms with Gasteiger partial charge in [-0.1, -0.05) is 45.3 Å². The van der Waals surface area contributed by atoms with Crippen LogP contribution in [0.25, 0.3) is 0 Å². The van der Waals surface area contributed by atoms with Crippen molar-refractivity contribution in [3.8, 4) is 0 Å². The molecule has 0 saturated heterocycles. The van der Waals surface area contributed by atoms with E-state index in [1.165, 1.54) is 19.3 Å². The molecule has 2 heteroatoms. The van der Waals surface area contributed by atoms with Gasteiger partial charge in [0.15, 0.2) is 0 Å². The lowest BCUT2D eigenvalue weighted by Crippen LogP contribution is -2.43. The molecule has 105 valence electrons. The van der Waals surface area contributed by atoms with Crippen molar-refractivity contribution < 1.29 is 4.79 Å². The predicted molar refractivity (Wildman–Crippen MR) is 79.3 cm³/mol. The van der Waals surface area contributed by atoms with Gasteiger partial charge in [0.2, 0.25) is 5.91 Å². The van der Waals surface area contributed by atoms with Crippen LogP contribution in [0.3, 0.4) is 0 Å². The molecule has 0 aromatic rings. The first-order chi connectivity index (χ1) is 9.12. The molecule has 1 amide bonds. The number of amides is 1. The highest BCUT2D eigenvalue weighted by Gasteiger charge is 2.39. The molecule has 1 radical (unpaired) electrons. The summed E-state index contributed by atoms with van der Waals surface area (Å²) in [5.41, 5.74) is 0.851. The summed E-state index contributed by atoms with van der Waals surface area (Å²) in [7, 11) is 0. The van der Waals surface area contributed by atoms with Crippen molar-refractivity contribution >= 4 is 5.91 Å². The fraction of sp³-hybridized carbons (Fsp3) is 0.647. The van der Waals surface area contributed by atoms with Crippen LogP contribution in [0.5, 0.6) is 0 Å². The minimum absolute atomic E-state index is 0.123. The smallest absolute Gasteiger partial charge is 0.230 e. The molecule has 1 N–H and O–H groups in total. The van der Waals surface area contributed by atoms with Gasteiger partial charge >= 0.3 is 0 Å². The Labute approximate surface area is 117 Å². The number of allylic oxidation sites excluding steroid dienone is 4. The van der Waals surface area contributed by atoms with Crippen LogP contribution in [-0.4, -0.2) is 5.91 Å². The van der Waals surface area contributed by atoms with Crippen LogP contribution >= 0.6 is 0 Å². The Kier molecular flexibility index (Phi) is 4.84. The summed E-state index contributed by atoms with van der Waals surface area (Å²) in [5.74, 6) is 0.826. The maximum absolute atomic E-state index is 12.7. The Balaban J connectivity index is 2.06. The van der Waals surface area contributed by atoms with E-state index in [2.05, 4.69) is 31.7 Å². The van der Waals surface area contributed by atoms with Crippen molar-refractivity contribution in [3.05, 3.63) is 30.3 Å². The van der Waals surface area contributed by atoms with E-state index in [0.717, 1.165) is 31.4 Å². The first-order valence-electron chi connectivity index (χ1n) is 7.64. The molecule has 2 aliphatic rings. The third-order valence-electron chi connectivity index (χ3n) is 4.23. The molecule has 2 aliphatic carbocycles. The van der Waals surface area contributed by atoms with Crippen molar-refractivity contribution in [2.75, 3.05) is 0 Å². The third-order valence-corrected chi connectivity index (χ3v) is 4.23. The molecule has 0 aliphatic heterocycles. The van der Waals surface area contributed by atoms with Crippen LogP contribution in [0, 0.1) is 17.8 Å². The molecule has 0 aromatic heterocycles. The number of carbonyl (C=O) groups excluding carboxylic acids is 1. The Morgan fingerprint density at radius 3 is 2.63 bits per heavy atom. The van der Waals surface area contributed by atoms with Crippen LogP contribution < -0.4 is 5.32 Å². The highest BCUT2D eigenvalue weighted by atomic mass is 16.2. The molecule has 1 fully saturated rings. The molecule has 2 nitrogen and oxygen atoms in total. The largest absolute Gasteiger partial charge is 0.329 e. The zero-order valence-electron chi connectivity index (χ0n) is 12.2. The Morgan fingerprint density at radius 2 is 2.05 bits per heavy atom. The van der Waals surface area contributed by atoms with E-state index >= 15 is 0 Å². The molecule has 0 atom stereocenters. The summed E-state index contributed by atoms with van der Waals surface area (Å²) in [6.07, 6.45) is 15.9. The number of nitrogens with one attached hydrogen (secondary N) is 1. The maximum Gasteiger partial charge on any atom is 0.230 e. The molecule has 1 saturated carbocycles. The van der Waals surface area contributed by atoms with Crippen LogP contribution in [0.4, 0.5) is 0 Å². The number of hydrogen-bond donors (Lipinski definition) is 1. The lowest BCUT2D eigenvalue weighted by Gasteiger charge is -2.37. The Hall–Kier alpha value is -1.05. The SMILES string of the molecule is CC(C)CC1(C(=O)NC2=CC=CC[CH]2)CCCCC1. The van der Waals surface area contributed by atoms with Gasteiger partial charge in [-0.3, -0.25) is 4.79 Å². The van der Waals surface area contributed by atoms with Crippen LogP contribution in [0.15, 0.2) is 23.9 Å². The van der Waals surface area contributed by atoms with Crippen LogP contribution in [-0.2, 0) is 4.79 Å². The molecule has 0 heterocycles. The van der Waals surface area contributed by atoms with Crippen LogP contribution in [0.1, 0.15) is 58.8 Å². The first kappa shape index (κ1) is 14.4. The minimum Gasteiger partial charge on any atom is -0.329 e. The van der Waals surface area contributed by atoms with Crippen molar-refractivity contribution in [2.24, 2.45) is 11.3 Å². The first-order valence-corrected chi connectivity index (χ1v) is 7.64. The second-order valence-corrected chi connectivity index (χ2v) is 6.38. The van der Waals surface area contributed by atoms with E-state index in [1.54, 1.807) is 0 Å². The standard InChI is InChI=1S/C17H26NO/c1-14(2)13-17(11-7-4-8-12-17)16(19)18-15-9-5-3-6-10-15/h3,5,9-10,14H,4,6-8,11-13H2,1-2H3,(H,18,19). The van der Waals surface area contributed by atoms with E-state index in [1.807, 2.05) is 12.2 Å². The highest BCUT2D eigenvalue weighted by Crippen LogP contribution is 2.42. The van der Waals surface area contributed by atoms with Gasteiger partial charge in [-0.25, -0.2) is 0 Å². The molecule has 2 rings (SSSR count). The van der Waals surface area contributed by atoms with Gasteiger partial charge in [-0.05, 0) is 37.7 Å². The van der Waals surface area contributed by atoms with E-state index in [-0.39, 0.29) is 11.3 Å². The van der Waals surface area contributed by atoms with E-state index in [9.17, 15) is 4.79 Å². The van der Waals surface area contributed by atoms with Crippen molar-refractivity contribution in [1.82, 2.24) is 5.32 Å². The van der Waals surface area contributed by atoms with Gasteiger partial charge in [0.1, 0.15) is 0 Å². The fourth-order valence-electron chi connectivity index (χ4n) is 3.40. The second-order valence-electron chi connectivity index (χ2n) is 6.38. The van der Waals surface area contributed by atoms with Gasteiger partial charge in [-0.15, -0.1) is 0 Å². The fourth-order valence-corrected chi connectivity index (χ4v) is 3.40. The summed E-state index contributed by atoms with van der Waals surface area (Å²) in [6.45, 7) is 4.44. The number of carbonyl (C=O) groups is 1. The summed E-state index contributed by atoms with van der Waals surface area (Å²) in [6, 6.07) is 0. The molecule has 0 spiro atoms. The zero-order chi connectivity index (χ0) is 13.7. The van der Waals surface area contributed by atoms with Crippen molar-refractivity contribution in [2.45, 2.75) is 58.8 Å². The molecule has 0 aromatic carbocycles. The summed E-state index contributed by atoms with van der Waals surface area (Å²) in [4.78, 5) is 12.7. The molecule has 19 heavy (non-hydrogen) atoms. The highest BCUT2D eigenvalue weighted by molar-refractivity contribution is 5.84. The second kappa shape index (κ2) is 6.40. The van der Waals surface area contributed by atoms with E-state index < -0.39 is 0 Å². The normalized spacial score (nSPS) is 22.2. The zero-order valence-corrected chi connectivity index (χ0v) is 12.2. The summed E-state index contributed by atoms with van der Waals surface area (Å²) < 4.78 is 0. The molecular weight excluding hydrogens is 234 g/mol. The maximum atomic E-state index is 12.7. The van der Waals surface area contributed by atoms with E-state index in [4.69, 9.17) is 0 Å². The summed E-state index contributed by atoms with van der Waals surface area (Å²) >= 11 is 0. The van der Waals surface area contributed by atoms with Gasteiger partial charge in [0, 0.05) is 17.5 Å². The molecule has 0 unspecified atom stereocenters. The van der Waals surface area contributed by atoms with Crippen molar-refractivity contribution in [3.63, 3.8) is 0 Å². The van der Waals surface area contributed by atoms with Gasteiger partial charge in [0.25, 0.3) is 0 Å². The summed E-state index contributed by atoms with van der Waals surface area (Å²) in [5, 5.41) is 3.15. The van der Waals surface area contributed by atoms with E-state index in [0.29, 0.717) is 5.92 Å². The third kappa shape index (κ3) is 3.71. The lowest BCUT2D eigenvalue weighted by molar-refractivity contribution is -0.133. The van der Waals surface area contributed by atoms with Gasteiger partial charge < -0.3 is 5.32 Å². The Morgan fingerprint density at radius 1 is 1.32 bits per heavy atom. The van der Waals surface area contributed by atoms with Gasteiger partial charge in [-0.2, -0.15) is 0 Å². The topological polar surface area (TPSA) is 29.1 Å². The van der Waals surface area contributed by atoms with Crippen molar-refractivity contribution in [1.29, 1.82) is 0 Å². The average Bonchev–Trinajstić information content (AvgIpc) is 2.40. The lowest BCUT2D eigenvalue weighted by atomic mass is 9.68. The monoisotopic (exact) mass is 260 g/mol. The minimum atomic E-state index is -0.123. The molecular formula is C17H26NO. The average molecular weight is 260 g/mol. The number of hydrogen-bond acceptors (Lipinski definition) is 1. The van der Waals surface area contributed by atoms with Gasteiger partial charge in [0.05, 0.1) is 0 Å². The Bertz CT molecular complexity index is 373. The molecule has 0 bridgehead atoms. The number of rotatable bonds is 4. The van der Waals surface area contributed by atoms with Crippen LogP contribution in [0.2, 0.25) is 0 Å². The quantitative estimate of drug-likeness (QED) is 0.808.